The highest BCUT2D eigenvalue weighted by atomic mass is 79.9. The lowest BCUT2D eigenvalue weighted by Gasteiger charge is -2.42. The standard InChI is InChI=1S/C16H22BrNO/c1-18-14-11-16(8-4-2-3-5-9-16)19-15-7-6-12(17)10-13(14)15/h6-7,10,14,18H,2-5,8-9,11H2,1H3. The number of rotatable bonds is 1. The lowest BCUT2D eigenvalue weighted by atomic mass is 9.82. The summed E-state index contributed by atoms with van der Waals surface area (Å²) in [6.07, 6.45) is 8.87. The second-order valence-corrected chi connectivity index (χ2v) is 6.84. The number of nitrogens with one attached hydrogen (secondary N) is 1. The number of halogens is 1. The highest BCUT2D eigenvalue weighted by Crippen LogP contribution is 2.45. The first-order valence-corrected chi connectivity index (χ1v) is 8.17. The molecule has 1 aliphatic heterocycles. The lowest BCUT2D eigenvalue weighted by molar-refractivity contribution is 0.0171. The monoisotopic (exact) mass is 323 g/mol. The Labute approximate surface area is 124 Å². The molecule has 2 aliphatic rings. The second-order valence-electron chi connectivity index (χ2n) is 5.93. The molecule has 2 nitrogen and oxygen atoms in total. The van der Waals surface area contributed by atoms with Crippen LogP contribution in [0.5, 0.6) is 5.75 Å². The van der Waals surface area contributed by atoms with E-state index in [1.807, 2.05) is 0 Å². The number of benzene rings is 1. The van der Waals surface area contributed by atoms with Gasteiger partial charge >= 0.3 is 0 Å². The van der Waals surface area contributed by atoms with E-state index in [1.165, 1.54) is 44.1 Å². The maximum atomic E-state index is 6.47. The predicted molar refractivity (Wildman–Crippen MR) is 81.6 cm³/mol. The van der Waals surface area contributed by atoms with E-state index in [1.54, 1.807) is 0 Å². The molecule has 0 aromatic heterocycles. The van der Waals surface area contributed by atoms with Crippen molar-refractivity contribution >= 4 is 15.9 Å². The predicted octanol–water partition coefficient (Wildman–Crippen LogP) is 4.59. The van der Waals surface area contributed by atoms with Gasteiger partial charge < -0.3 is 10.1 Å². The van der Waals surface area contributed by atoms with Gasteiger partial charge in [0.25, 0.3) is 0 Å². The van der Waals surface area contributed by atoms with Gasteiger partial charge in [0.2, 0.25) is 0 Å². The first-order valence-electron chi connectivity index (χ1n) is 7.38. The third kappa shape index (κ3) is 2.68. The number of hydrogen-bond donors (Lipinski definition) is 1. The van der Waals surface area contributed by atoms with Crippen LogP contribution in [0, 0.1) is 0 Å². The van der Waals surface area contributed by atoms with E-state index in [4.69, 9.17) is 4.74 Å². The molecule has 3 heteroatoms. The summed E-state index contributed by atoms with van der Waals surface area (Å²) >= 11 is 3.56. The van der Waals surface area contributed by atoms with Gasteiger partial charge in [0.05, 0.1) is 0 Å². The topological polar surface area (TPSA) is 21.3 Å². The molecule has 1 N–H and O–H groups in total. The summed E-state index contributed by atoms with van der Waals surface area (Å²) in [5.41, 5.74) is 1.37. The first-order chi connectivity index (χ1) is 9.22. The van der Waals surface area contributed by atoms with Gasteiger partial charge in [-0.3, -0.25) is 0 Å². The summed E-state index contributed by atoms with van der Waals surface area (Å²) in [7, 11) is 2.06. The van der Waals surface area contributed by atoms with Crippen LogP contribution in [-0.2, 0) is 0 Å². The van der Waals surface area contributed by atoms with Crippen LogP contribution in [-0.4, -0.2) is 12.6 Å². The van der Waals surface area contributed by atoms with Crippen LogP contribution in [0.4, 0.5) is 0 Å². The molecule has 1 aliphatic carbocycles. The average Bonchev–Trinajstić information content (AvgIpc) is 2.64. The minimum atomic E-state index is 0.0744. The quantitative estimate of drug-likeness (QED) is 0.816. The summed E-state index contributed by atoms with van der Waals surface area (Å²) in [6, 6.07) is 6.82. The molecule has 104 valence electrons. The van der Waals surface area contributed by atoms with E-state index >= 15 is 0 Å². The molecule has 1 heterocycles. The van der Waals surface area contributed by atoms with Crippen LogP contribution >= 0.6 is 15.9 Å². The van der Waals surface area contributed by atoms with Crippen molar-refractivity contribution in [1.82, 2.24) is 5.32 Å². The maximum absolute atomic E-state index is 6.47. The second kappa shape index (κ2) is 5.45. The Kier molecular flexibility index (Phi) is 3.86. The van der Waals surface area contributed by atoms with Gasteiger partial charge in [0, 0.05) is 22.5 Å². The fourth-order valence-electron chi connectivity index (χ4n) is 3.58. The zero-order chi connectivity index (χ0) is 13.3. The molecule has 1 atom stereocenters. The van der Waals surface area contributed by atoms with Crippen LogP contribution in [0.2, 0.25) is 0 Å². The maximum Gasteiger partial charge on any atom is 0.125 e. The summed E-state index contributed by atoms with van der Waals surface area (Å²) in [5.74, 6) is 1.08. The first kappa shape index (κ1) is 13.4. The fourth-order valence-corrected chi connectivity index (χ4v) is 3.96. The van der Waals surface area contributed by atoms with Crippen LogP contribution in [0.15, 0.2) is 22.7 Å². The van der Waals surface area contributed by atoms with E-state index in [0.29, 0.717) is 6.04 Å². The van der Waals surface area contributed by atoms with Crippen molar-refractivity contribution in [3.8, 4) is 5.75 Å². The molecule has 1 fully saturated rings. The average molecular weight is 324 g/mol. The Morgan fingerprint density at radius 2 is 1.95 bits per heavy atom. The van der Waals surface area contributed by atoms with Gasteiger partial charge in [-0.15, -0.1) is 0 Å². The molecule has 0 amide bonds. The Hall–Kier alpha value is -0.540. The summed E-state index contributed by atoms with van der Waals surface area (Å²) in [5, 5.41) is 3.48. The largest absolute Gasteiger partial charge is 0.487 e. The molecule has 1 aromatic rings. The molecule has 0 radical (unpaired) electrons. The minimum Gasteiger partial charge on any atom is -0.487 e. The Morgan fingerprint density at radius 1 is 1.21 bits per heavy atom. The van der Waals surface area contributed by atoms with Crippen molar-refractivity contribution in [2.75, 3.05) is 7.05 Å². The lowest BCUT2D eigenvalue weighted by Crippen LogP contribution is -2.43. The minimum absolute atomic E-state index is 0.0744. The van der Waals surface area contributed by atoms with Crippen LogP contribution in [0.3, 0.4) is 0 Å². The molecular formula is C16H22BrNO. The highest BCUT2D eigenvalue weighted by molar-refractivity contribution is 9.10. The number of fused-ring (bicyclic) bond motifs is 1. The van der Waals surface area contributed by atoms with Gasteiger partial charge in [0.1, 0.15) is 11.4 Å². The molecule has 1 unspecified atom stereocenters. The van der Waals surface area contributed by atoms with Crippen LogP contribution in [0.25, 0.3) is 0 Å². The molecule has 19 heavy (non-hydrogen) atoms. The Morgan fingerprint density at radius 3 is 2.63 bits per heavy atom. The van der Waals surface area contributed by atoms with E-state index in [-0.39, 0.29) is 5.60 Å². The SMILES string of the molecule is CNC1CC2(CCCCCC2)Oc2ccc(Br)cc21. The molecule has 3 rings (SSSR count). The molecule has 1 aromatic carbocycles. The zero-order valence-corrected chi connectivity index (χ0v) is 13.1. The van der Waals surface area contributed by atoms with E-state index in [9.17, 15) is 0 Å². The van der Waals surface area contributed by atoms with Crippen LogP contribution in [0.1, 0.15) is 56.6 Å². The highest BCUT2D eigenvalue weighted by Gasteiger charge is 2.40. The molecule has 1 spiro atoms. The number of hydrogen-bond acceptors (Lipinski definition) is 2. The third-order valence-electron chi connectivity index (χ3n) is 4.61. The molecule has 0 saturated heterocycles. The zero-order valence-electron chi connectivity index (χ0n) is 11.5. The Balaban J connectivity index is 1.94. The van der Waals surface area contributed by atoms with Crippen molar-refractivity contribution in [2.24, 2.45) is 0 Å². The smallest absolute Gasteiger partial charge is 0.125 e. The molecular weight excluding hydrogens is 302 g/mol. The van der Waals surface area contributed by atoms with Gasteiger partial charge in [-0.25, -0.2) is 0 Å². The third-order valence-corrected chi connectivity index (χ3v) is 5.11. The van der Waals surface area contributed by atoms with Gasteiger partial charge in [-0.2, -0.15) is 0 Å². The van der Waals surface area contributed by atoms with Gasteiger partial charge in [-0.05, 0) is 50.9 Å². The van der Waals surface area contributed by atoms with Crippen molar-refractivity contribution in [3.63, 3.8) is 0 Å². The van der Waals surface area contributed by atoms with Crippen LogP contribution < -0.4 is 10.1 Å². The summed E-state index contributed by atoms with van der Waals surface area (Å²) in [6.45, 7) is 0. The number of ether oxygens (including phenoxy) is 1. The summed E-state index contributed by atoms with van der Waals surface area (Å²) in [4.78, 5) is 0. The normalized spacial score (nSPS) is 25.5. The fraction of sp³-hybridized carbons (Fsp3) is 0.625. The van der Waals surface area contributed by atoms with Gasteiger partial charge in [0.15, 0.2) is 0 Å². The van der Waals surface area contributed by atoms with Gasteiger partial charge in [-0.1, -0.05) is 28.8 Å². The van der Waals surface area contributed by atoms with E-state index in [0.717, 1.165) is 16.6 Å². The molecule has 0 bridgehead atoms. The van der Waals surface area contributed by atoms with Crippen molar-refractivity contribution in [3.05, 3.63) is 28.2 Å². The Bertz CT molecular complexity index is 452. The van der Waals surface area contributed by atoms with E-state index < -0.39 is 0 Å². The van der Waals surface area contributed by atoms with E-state index in [2.05, 4.69) is 46.5 Å². The molecule has 1 saturated carbocycles. The summed E-state index contributed by atoms with van der Waals surface area (Å²) < 4.78 is 7.60. The van der Waals surface area contributed by atoms with Crippen molar-refractivity contribution < 1.29 is 4.74 Å². The van der Waals surface area contributed by atoms with Crippen molar-refractivity contribution in [2.45, 2.75) is 56.6 Å². The van der Waals surface area contributed by atoms with Crippen molar-refractivity contribution in [1.29, 1.82) is 0 Å².